The van der Waals surface area contributed by atoms with Gasteiger partial charge < -0.3 is 10.1 Å². The van der Waals surface area contributed by atoms with E-state index in [1.807, 2.05) is 18.2 Å². The predicted octanol–water partition coefficient (Wildman–Crippen LogP) is 1.53. The lowest BCUT2D eigenvalue weighted by Crippen LogP contribution is -2.46. The Bertz CT molecular complexity index is 520. The van der Waals surface area contributed by atoms with Crippen LogP contribution in [0.3, 0.4) is 0 Å². The van der Waals surface area contributed by atoms with Gasteiger partial charge in [0.15, 0.2) is 0 Å². The summed E-state index contributed by atoms with van der Waals surface area (Å²) in [5.74, 6) is 1.02. The van der Waals surface area contributed by atoms with Gasteiger partial charge in [0.25, 0.3) is 0 Å². The number of hydrogen-bond acceptors (Lipinski definition) is 4. The van der Waals surface area contributed by atoms with E-state index in [-0.39, 0.29) is 18.1 Å². The van der Waals surface area contributed by atoms with Gasteiger partial charge in [-0.3, -0.25) is 10.2 Å². The van der Waals surface area contributed by atoms with E-state index < -0.39 is 0 Å². The van der Waals surface area contributed by atoms with E-state index in [2.05, 4.69) is 29.2 Å². The summed E-state index contributed by atoms with van der Waals surface area (Å²) in [6.07, 6.45) is 5.11. The molecule has 0 bridgehead atoms. The van der Waals surface area contributed by atoms with Gasteiger partial charge >= 0.3 is 0 Å². The molecule has 3 N–H and O–H groups in total. The number of rotatable bonds is 5. The first-order valence-electron chi connectivity index (χ1n) is 8.29. The summed E-state index contributed by atoms with van der Waals surface area (Å²) in [5.41, 5.74) is 7.55. The van der Waals surface area contributed by atoms with Gasteiger partial charge in [0, 0.05) is 6.04 Å². The highest BCUT2D eigenvalue weighted by atomic mass is 16.5. The van der Waals surface area contributed by atoms with Gasteiger partial charge in [0.05, 0.1) is 6.54 Å². The topological polar surface area (TPSA) is 62.4 Å². The second kappa shape index (κ2) is 7.11. The average Bonchev–Trinajstić information content (AvgIpc) is 3.01. The number of carbonyl (C=O) groups is 1. The van der Waals surface area contributed by atoms with Crippen molar-refractivity contribution in [3.8, 4) is 5.75 Å². The summed E-state index contributed by atoms with van der Waals surface area (Å²) in [6, 6.07) is 8.40. The summed E-state index contributed by atoms with van der Waals surface area (Å²) in [6.45, 7) is 2.73. The molecule has 2 unspecified atom stereocenters. The number of benzene rings is 1. The molecule has 0 saturated carbocycles. The van der Waals surface area contributed by atoms with Crippen molar-refractivity contribution < 1.29 is 9.53 Å². The second-order valence-electron chi connectivity index (χ2n) is 6.19. The number of fused-ring (bicyclic) bond motifs is 1. The van der Waals surface area contributed by atoms with Gasteiger partial charge in [-0.15, -0.1) is 0 Å². The first-order chi connectivity index (χ1) is 10.8. The summed E-state index contributed by atoms with van der Waals surface area (Å²) >= 11 is 0. The fourth-order valence-corrected chi connectivity index (χ4v) is 3.19. The lowest BCUT2D eigenvalue weighted by molar-refractivity contribution is -0.123. The molecule has 5 heteroatoms. The van der Waals surface area contributed by atoms with Gasteiger partial charge in [-0.2, -0.15) is 0 Å². The van der Waals surface area contributed by atoms with E-state index in [0.29, 0.717) is 12.6 Å². The Kier molecular flexibility index (Phi) is 4.95. The number of carbonyl (C=O) groups excluding carboxylic acids is 1. The number of aryl methyl sites for hydroxylation is 1. The summed E-state index contributed by atoms with van der Waals surface area (Å²) in [7, 11) is 0. The molecule has 3 atom stereocenters. The van der Waals surface area contributed by atoms with Crippen LogP contribution in [0, 0.1) is 0 Å². The van der Waals surface area contributed by atoms with Gasteiger partial charge in [-0.1, -0.05) is 31.5 Å². The molecule has 1 aromatic carbocycles. The van der Waals surface area contributed by atoms with Crippen molar-refractivity contribution in [2.45, 2.75) is 57.2 Å². The molecule has 2 aliphatic rings. The molecule has 1 saturated heterocycles. The molecule has 0 radical (unpaired) electrons. The molecule has 3 rings (SSSR count). The highest BCUT2D eigenvalue weighted by Crippen LogP contribution is 2.26. The summed E-state index contributed by atoms with van der Waals surface area (Å²) in [4.78, 5) is 12.2. The Morgan fingerprint density at radius 1 is 1.36 bits per heavy atom. The highest BCUT2D eigenvalue weighted by Gasteiger charge is 2.29. The van der Waals surface area contributed by atoms with E-state index in [1.165, 1.54) is 5.56 Å². The van der Waals surface area contributed by atoms with Crippen molar-refractivity contribution in [3.05, 3.63) is 29.8 Å². The number of para-hydroxylation sites is 1. The Morgan fingerprint density at radius 3 is 3.09 bits per heavy atom. The molecular formula is C17H25N3O2. The van der Waals surface area contributed by atoms with Crippen LogP contribution < -0.4 is 20.9 Å². The molecule has 1 amide bonds. The molecule has 2 heterocycles. The summed E-state index contributed by atoms with van der Waals surface area (Å²) < 4.78 is 5.95. The van der Waals surface area contributed by atoms with E-state index in [0.717, 1.165) is 37.9 Å². The fourth-order valence-electron chi connectivity index (χ4n) is 3.19. The van der Waals surface area contributed by atoms with E-state index in [4.69, 9.17) is 4.74 Å². The van der Waals surface area contributed by atoms with Crippen LogP contribution in [0.15, 0.2) is 24.3 Å². The maximum atomic E-state index is 12.2. The predicted molar refractivity (Wildman–Crippen MR) is 85.6 cm³/mol. The van der Waals surface area contributed by atoms with Crippen LogP contribution in [0.2, 0.25) is 0 Å². The van der Waals surface area contributed by atoms with E-state index in [9.17, 15) is 4.79 Å². The molecule has 0 aliphatic carbocycles. The molecular weight excluding hydrogens is 278 g/mol. The fraction of sp³-hybridized carbons (Fsp3) is 0.588. The zero-order valence-corrected chi connectivity index (χ0v) is 13.1. The molecule has 0 spiro atoms. The van der Waals surface area contributed by atoms with Crippen LogP contribution in [0.5, 0.6) is 5.75 Å². The van der Waals surface area contributed by atoms with Crippen molar-refractivity contribution in [2.24, 2.45) is 0 Å². The maximum Gasteiger partial charge on any atom is 0.238 e. The van der Waals surface area contributed by atoms with Crippen LogP contribution in [0.25, 0.3) is 0 Å². The number of amides is 1. The summed E-state index contributed by atoms with van der Waals surface area (Å²) in [5, 5.41) is 3.02. The molecule has 1 aromatic rings. The third-order valence-corrected chi connectivity index (χ3v) is 4.44. The minimum Gasteiger partial charge on any atom is -0.488 e. The van der Waals surface area contributed by atoms with Crippen LogP contribution in [0.4, 0.5) is 0 Å². The molecule has 1 fully saturated rings. The third kappa shape index (κ3) is 3.59. The van der Waals surface area contributed by atoms with Gasteiger partial charge in [0.1, 0.15) is 17.9 Å². The molecule has 120 valence electrons. The molecule has 0 aromatic heterocycles. The monoisotopic (exact) mass is 303 g/mol. The maximum absolute atomic E-state index is 12.2. The van der Waals surface area contributed by atoms with Crippen molar-refractivity contribution in [1.82, 2.24) is 16.2 Å². The SMILES string of the molecule is CCCC1CC(C(=O)NC[C@H]2CCc3ccccc3O2)NN1. The van der Waals surface area contributed by atoms with Gasteiger partial charge in [-0.25, -0.2) is 5.43 Å². The number of hydrogen-bond donors (Lipinski definition) is 3. The zero-order valence-electron chi connectivity index (χ0n) is 13.1. The van der Waals surface area contributed by atoms with E-state index in [1.54, 1.807) is 0 Å². The Hall–Kier alpha value is -1.59. The smallest absolute Gasteiger partial charge is 0.238 e. The lowest BCUT2D eigenvalue weighted by Gasteiger charge is -2.26. The minimum atomic E-state index is -0.132. The first kappa shape index (κ1) is 15.3. The first-order valence-corrected chi connectivity index (χ1v) is 8.29. The molecule has 2 aliphatic heterocycles. The van der Waals surface area contributed by atoms with Crippen molar-refractivity contribution >= 4 is 5.91 Å². The molecule has 22 heavy (non-hydrogen) atoms. The van der Waals surface area contributed by atoms with Crippen LogP contribution in [0.1, 0.15) is 38.2 Å². The molecule has 5 nitrogen and oxygen atoms in total. The quantitative estimate of drug-likeness (QED) is 0.772. The normalized spacial score (nSPS) is 27.0. The van der Waals surface area contributed by atoms with Crippen molar-refractivity contribution in [3.63, 3.8) is 0 Å². The Labute approximate surface area is 131 Å². The number of hydrazine groups is 1. The van der Waals surface area contributed by atoms with Crippen LogP contribution >= 0.6 is 0 Å². The second-order valence-corrected chi connectivity index (χ2v) is 6.19. The highest BCUT2D eigenvalue weighted by molar-refractivity contribution is 5.82. The standard InChI is InChI=1S/C17H25N3O2/c1-2-5-13-10-15(20-19-13)17(21)18-11-14-9-8-12-6-3-4-7-16(12)22-14/h3-4,6-7,13-15,19-20H,2,5,8-11H2,1H3,(H,18,21)/t13?,14-,15?/m1/s1. The van der Waals surface area contributed by atoms with Crippen molar-refractivity contribution in [1.29, 1.82) is 0 Å². The largest absolute Gasteiger partial charge is 0.488 e. The number of ether oxygens (including phenoxy) is 1. The Balaban J connectivity index is 1.45. The lowest BCUT2D eigenvalue weighted by atomic mass is 10.0. The Morgan fingerprint density at radius 2 is 2.23 bits per heavy atom. The van der Waals surface area contributed by atoms with Crippen LogP contribution in [-0.2, 0) is 11.2 Å². The number of nitrogens with one attached hydrogen (secondary N) is 3. The van der Waals surface area contributed by atoms with Gasteiger partial charge in [0.2, 0.25) is 5.91 Å². The van der Waals surface area contributed by atoms with Crippen LogP contribution in [-0.4, -0.2) is 30.6 Å². The average molecular weight is 303 g/mol. The minimum absolute atomic E-state index is 0.0635. The van der Waals surface area contributed by atoms with E-state index >= 15 is 0 Å². The zero-order chi connectivity index (χ0) is 15.4. The van der Waals surface area contributed by atoms with Gasteiger partial charge in [-0.05, 0) is 37.3 Å². The van der Waals surface area contributed by atoms with Crippen molar-refractivity contribution in [2.75, 3.05) is 6.54 Å². The third-order valence-electron chi connectivity index (χ3n) is 4.44.